The molecule has 0 amide bonds. The van der Waals surface area contributed by atoms with Crippen molar-refractivity contribution < 1.29 is 14.6 Å². The van der Waals surface area contributed by atoms with E-state index in [0.717, 1.165) is 24.5 Å². The molecule has 0 unspecified atom stereocenters. The Morgan fingerprint density at radius 2 is 1.67 bits per heavy atom. The van der Waals surface area contributed by atoms with Crippen LogP contribution in [0, 0.1) is 0 Å². The van der Waals surface area contributed by atoms with Crippen LogP contribution in [0.1, 0.15) is 70.8 Å². The minimum absolute atomic E-state index is 0.341. The highest BCUT2D eigenvalue weighted by molar-refractivity contribution is 5.81. The van der Waals surface area contributed by atoms with Gasteiger partial charge in [0.05, 0.1) is 6.61 Å². The summed E-state index contributed by atoms with van der Waals surface area (Å²) in [6.07, 6.45) is 12.3. The number of phenolic OH excluding ortho intramolecular Hbond substituents is 1. The lowest BCUT2D eigenvalue weighted by atomic mass is 10.0. The normalized spacial score (nSPS) is 9.75. The number of hydrogen-bond donors (Lipinski definition) is 1. The van der Waals surface area contributed by atoms with Crippen LogP contribution in [0.4, 0.5) is 0 Å². The molecule has 0 spiro atoms. The fourth-order valence-electron chi connectivity index (χ4n) is 2.26. The lowest BCUT2D eigenvalue weighted by Crippen LogP contribution is -1.99. The van der Waals surface area contributed by atoms with E-state index in [2.05, 4.69) is 18.2 Å². The Bertz CT molecular complexity index is 440. The highest BCUT2D eigenvalue weighted by Crippen LogP contribution is 2.18. The maximum atomic E-state index is 10.2. The average molecular weight is 334 g/mol. The number of carbonyl (C=O) groups excluding carboxylic acids is 1. The van der Waals surface area contributed by atoms with Gasteiger partial charge >= 0.3 is 5.97 Å². The second-order valence-corrected chi connectivity index (χ2v) is 5.87. The van der Waals surface area contributed by atoms with Crippen LogP contribution in [0.25, 0.3) is 0 Å². The summed E-state index contributed by atoms with van der Waals surface area (Å²) in [7, 11) is 0. The number of aromatic hydroxyl groups is 1. The van der Waals surface area contributed by atoms with Crippen molar-refractivity contribution in [1.82, 2.24) is 0 Å². The van der Waals surface area contributed by atoms with Crippen LogP contribution in [-0.2, 0) is 16.0 Å². The van der Waals surface area contributed by atoms with E-state index in [4.69, 9.17) is 0 Å². The van der Waals surface area contributed by atoms with E-state index in [1.54, 1.807) is 6.07 Å². The number of esters is 1. The SMILES string of the molecule is C=CC(=O)OCCC.CCCCCCCCCc1ccccc1O. The third-order valence-corrected chi connectivity index (χ3v) is 3.66. The zero-order chi connectivity index (χ0) is 18.0. The minimum Gasteiger partial charge on any atom is -0.508 e. The molecule has 0 aromatic heterocycles. The van der Waals surface area contributed by atoms with Gasteiger partial charge in [0, 0.05) is 6.08 Å². The Morgan fingerprint density at radius 1 is 1.04 bits per heavy atom. The molecule has 0 heterocycles. The third kappa shape index (κ3) is 12.7. The molecule has 0 atom stereocenters. The summed E-state index contributed by atoms with van der Waals surface area (Å²) in [5, 5.41) is 9.58. The molecular weight excluding hydrogens is 300 g/mol. The Hall–Kier alpha value is -1.77. The molecule has 24 heavy (non-hydrogen) atoms. The Balaban J connectivity index is 0.000000561. The summed E-state index contributed by atoms with van der Waals surface area (Å²) in [6, 6.07) is 7.67. The zero-order valence-corrected chi connectivity index (χ0v) is 15.4. The van der Waals surface area contributed by atoms with Gasteiger partial charge in [0.2, 0.25) is 0 Å². The van der Waals surface area contributed by atoms with E-state index in [1.165, 1.54) is 44.9 Å². The van der Waals surface area contributed by atoms with Crippen molar-refractivity contribution >= 4 is 5.97 Å². The van der Waals surface area contributed by atoms with Crippen molar-refractivity contribution in [1.29, 1.82) is 0 Å². The quantitative estimate of drug-likeness (QED) is 0.315. The summed E-state index contributed by atoms with van der Waals surface area (Å²) in [4.78, 5) is 10.2. The van der Waals surface area contributed by atoms with Gasteiger partial charge in [-0.25, -0.2) is 4.79 Å². The number of unbranched alkanes of at least 4 members (excludes halogenated alkanes) is 6. The predicted octanol–water partition coefficient (Wildman–Crippen LogP) is 5.81. The molecule has 0 radical (unpaired) electrons. The minimum atomic E-state index is -0.341. The van der Waals surface area contributed by atoms with Crippen molar-refractivity contribution in [2.24, 2.45) is 0 Å². The molecule has 0 aliphatic heterocycles. The average Bonchev–Trinajstić information content (AvgIpc) is 2.61. The largest absolute Gasteiger partial charge is 0.508 e. The van der Waals surface area contributed by atoms with Gasteiger partial charge in [0.15, 0.2) is 0 Å². The first-order chi connectivity index (χ1) is 11.7. The van der Waals surface area contributed by atoms with Crippen molar-refractivity contribution in [2.45, 2.75) is 71.6 Å². The molecule has 0 aliphatic rings. The summed E-state index contributed by atoms with van der Waals surface area (Å²) >= 11 is 0. The lowest BCUT2D eigenvalue weighted by Gasteiger charge is -2.04. The van der Waals surface area contributed by atoms with Crippen LogP contribution in [0.5, 0.6) is 5.75 Å². The topological polar surface area (TPSA) is 46.5 Å². The first-order valence-corrected chi connectivity index (χ1v) is 9.21. The number of rotatable bonds is 11. The molecule has 136 valence electrons. The van der Waals surface area contributed by atoms with Crippen LogP contribution in [0.15, 0.2) is 36.9 Å². The molecule has 3 nitrogen and oxygen atoms in total. The molecule has 0 fully saturated rings. The number of carbonyl (C=O) groups is 1. The monoisotopic (exact) mass is 334 g/mol. The Morgan fingerprint density at radius 3 is 2.25 bits per heavy atom. The molecular formula is C21H34O3. The van der Waals surface area contributed by atoms with Gasteiger partial charge in [-0.05, 0) is 30.9 Å². The molecule has 1 aromatic rings. The fraction of sp³-hybridized carbons (Fsp3) is 0.571. The van der Waals surface area contributed by atoms with Gasteiger partial charge in [-0.2, -0.15) is 0 Å². The predicted molar refractivity (Wildman–Crippen MR) is 101 cm³/mol. The molecule has 0 bridgehead atoms. The smallest absolute Gasteiger partial charge is 0.330 e. The maximum Gasteiger partial charge on any atom is 0.330 e. The van der Waals surface area contributed by atoms with E-state index >= 15 is 0 Å². The van der Waals surface area contributed by atoms with Crippen LogP contribution in [-0.4, -0.2) is 17.7 Å². The molecule has 3 heteroatoms. The highest BCUT2D eigenvalue weighted by Gasteiger charge is 1.98. The Kier molecular flexibility index (Phi) is 14.9. The van der Waals surface area contributed by atoms with Gasteiger partial charge in [0.25, 0.3) is 0 Å². The Labute approximate surface area is 147 Å². The van der Waals surface area contributed by atoms with E-state index in [9.17, 15) is 9.90 Å². The van der Waals surface area contributed by atoms with E-state index in [0.29, 0.717) is 12.4 Å². The molecule has 1 rings (SSSR count). The fourth-order valence-corrected chi connectivity index (χ4v) is 2.26. The van der Waals surface area contributed by atoms with E-state index in [1.807, 2.05) is 25.1 Å². The van der Waals surface area contributed by atoms with Crippen LogP contribution in [0.3, 0.4) is 0 Å². The molecule has 0 aliphatic carbocycles. The van der Waals surface area contributed by atoms with Crippen LogP contribution in [0.2, 0.25) is 0 Å². The second kappa shape index (κ2) is 16.1. The van der Waals surface area contributed by atoms with Crippen molar-refractivity contribution in [3.8, 4) is 5.75 Å². The van der Waals surface area contributed by atoms with Gasteiger partial charge in [-0.3, -0.25) is 0 Å². The van der Waals surface area contributed by atoms with Gasteiger partial charge in [-0.1, -0.05) is 77.2 Å². The van der Waals surface area contributed by atoms with Gasteiger partial charge < -0.3 is 9.84 Å². The number of hydrogen-bond acceptors (Lipinski definition) is 3. The lowest BCUT2D eigenvalue weighted by molar-refractivity contribution is -0.137. The maximum absolute atomic E-state index is 10.2. The first kappa shape index (κ1) is 22.2. The molecule has 0 saturated carbocycles. The van der Waals surface area contributed by atoms with Crippen LogP contribution >= 0.6 is 0 Å². The van der Waals surface area contributed by atoms with Crippen molar-refractivity contribution in [2.75, 3.05) is 6.61 Å². The second-order valence-electron chi connectivity index (χ2n) is 5.87. The molecule has 1 aromatic carbocycles. The number of phenols is 1. The van der Waals surface area contributed by atoms with Crippen molar-refractivity contribution in [3.05, 3.63) is 42.5 Å². The zero-order valence-electron chi connectivity index (χ0n) is 15.4. The number of aryl methyl sites for hydroxylation is 1. The summed E-state index contributed by atoms with van der Waals surface area (Å²) in [5.41, 5.74) is 1.09. The third-order valence-electron chi connectivity index (χ3n) is 3.66. The van der Waals surface area contributed by atoms with Crippen molar-refractivity contribution in [3.63, 3.8) is 0 Å². The van der Waals surface area contributed by atoms with E-state index < -0.39 is 0 Å². The van der Waals surface area contributed by atoms with Gasteiger partial charge in [0.1, 0.15) is 5.75 Å². The first-order valence-electron chi connectivity index (χ1n) is 9.21. The molecule has 0 saturated heterocycles. The summed E-state index contributed by atoms with van der Waals surface area (Å²) in [5.74, 6) is 0.111. The standard InChI is InChI=1S/C15H24O.C6H10O2/c1-2-3-4-5-6-7-8-11-14-12-9-10-13-15(14)16;1-3-5-8-6(7)4-2/h9-10,12-13,16H,2-8,11H2,1H3;4H,2-3,5H2,1H3. The summed E-state index contributed by atoms with van der Waals surface area (Å²) < 4.78 is 4.58. The highest BCUT2D eigenvalue weighted by atomic mass is 16.5. The van der Waals surface area contributed by atoms with E-state index in [-0.39, 0.29) is 5.97 Å². The molecule has 1 N–H and O–H groups in total. The number of para-hydroxylation sites is 1. The summed E-state index contributed by atoms with van der Waals surface area (Å²) in [6.45, 7) is 7.92. The number of benzene rings is 1. The van der Waals surface area contributed by atoms with Gasteiger partial charge in [-0.15, -0.1) is 0 Å². The number of ether oxygens (including phenoxy) is 1. The van der Waals surface area contributed by atoms with Crippen LogP contribution < -0.4 is 0 Å².